The molecule has 0 unspecified atom stereocenters. The lowest BCUT2D eigenvalue weighted by Crippen LogP contribution is -3.00. The Kier molecular flexibility index (Phi) is 5.70. The zero-order chi connectivity index (χ0) is 10.7. The Balaban J connectivity index is 0.00000128. The van der Waals surface area contributed by atoms with Crippen molar-refractivity contribution in [1.82, 2.24) is 14.1 Å². The summed E-state index contributed by atoms with van der Waals surface area (Å²) in [6.07, 6.45) is 4.09. The Morgan fingerprint density at radius 2 is 2.38 bits per heavy atom. The topological polar surface area (TPSA) is 40.8 Å². The van der Waals surface area contributed by atoms with E-state index in [0.29, 0.717) is 0 Å². The lowest BCUT2D eigenvalue weighted by atomic mass is 10.2. The van der Waals surface area contributed by atoms with Crippen LogP contribution in [0, 0.1) is 0 Å². The third kappa shape index (κ3) is 3.17. The van der Waals surface area contributed by atoms with Gasteiger partial charge in [-0.2, -0.15) is 8.75 Å². The van der Waals surface area contributed by atoms with Gasteiger partial charge in [0.1, 0.15) is 17.8 Å². The smallest absolute Gasteiger partial charge is 0.215 e. The van der Waals surface area contributed by atoms with E-state index >= 15 is 0 Å². The van der Waals surface area contributed by atoms with Crippen molar-refractivity contribution in [2.45, 2.75) is 11.9 Å². The second-order valence-electron chi connectivity index (χ2n) is 3.20. The highest BCUT2D eigenvalue weighted by molar-refractivity contribution is 7.99. The SMILES string of the molecule is CCSc1nsnc1C1=CNC[N+](C)=C1.[I-]. The van der Waals surface area contributed by atoms with Gasteiger partial charge in [-0.3, -0.25) is 0 Å². The highest BCUT2D eigenvalue weighted by atomic mass is 127. The molecule has 0 amide bonds. The van der Waals surface area contributed by atoms with Crippen molar-refractivity contribution in [2.24, 2.45) is 0 Å². The molecule has 88 valence electrons. The van der Waals surface area contributed by atoms with Crippen LogP contribution in [0.25, 0.3) is 5.57 Å². The van der Waals surface area contributed by atoms with Crippen LogP contribution in [0.15, 0.2) is 11.2 Å². The molecule has 0 aliphatic carbocycles. The van der Waals surface area contributed by atoms with Gasteiger partial charge >= 0.3 is 0 Å². The maximum Gasteiger partial charge on any atom is 0.215 e. The predicted molar refractivity (Wildman–Crippen MR) is 64.5 cm³/mol. The zero-order valence-corrected chi connectivity index (χ0v) is 12.9. The molecule has 2 heterocycles. The fraction of sp³-hybridized carbons (Fsp3) is 0.444. The number of rotatable bonds is 3. The zero-order valence-electron chi connectivity index (χ0n) is 9.11. The predicted octanol–water partition coefficient (Wildman–Crippen LogP) is -1.73. The highest BCUT2D eigenvalue weighted by Crippen LogP contribution is 2.25. The van der Waals surface area contributed by atoms with E-state index in [1.807, 2.05) is 13.2 Å². The van der Waals surface area contributed by atoms with Gasteiger partial charge in [-0.1, -0.05) is 6.92 Å². The molecule has 0 radical (unpaired) electrons. The summed E-state index contributed by atoms with van der Waals surface area (Å²) in [5, 5.41) is 4.23. The molecule has 0 aromatic carbocycles. The Morgan fingerprint density at radius 3 is 3.06 bits per heavy atom. The Morgan fingerprint density at radius 1 is 1.56 bits per heavy atom. The molecule has 1 aliphatic heterocycles. The van der Waals surface area contributed by atoms with Gasteiger partial charge in [0.25, 0.3) is 0 Å². The minimum atomic E-state index is 0. The second kappa shape index (κ2) is 6.55. The van der Waals surface area contributed by atoms with Gasteiger partial charge in [0, 0.05) is 6.20 Å². The van der Waals surface area contributed by atoms with Crippen molar-refractivity contribution in [3.05, 3.63) is 11.9 Å². The lowest BCUT2D eigenvalue weighted by Gasteiger charge is -2.06. The molecular formula is C9H13IN4S2. The van der Waals surface area contributed by atoms with Gasteiger partial charge in [-0.05, 0) is 5.75 Å². The van der Waals surface area contributed by atoms with Crippen molar-refractivity contribution in [3.8, 4) is 0 Å². The quantitative estimate of drug-likeness (QED) is 0.391. The molecule has 2 rings (SSSR count). The average molecular weight is 368 g/mol. The minimum absolute atomic E-state index is 0. The van der Waals surface area contributed by atoms with Crippen LogP contribution in [0.5, 0.6) is 0 Å². The van der Waals surface area contributed by atoms with Gasteiger partial charge in [-0.25, -0.2) is 4.58 Å². The van der Waals surface area contributed by atoms with Gasteiger partial charge in [-0.15, -0.1) is 11.8 Å². The molecule has 1 aliphatic rings. The number of hydrogen-bond acceptors (Lipinski definition) is 5. The van der Waals surface area contributed by atoms with E-state index in [4.69, 9.17) is 0 Å². The minimum Gasteiger partial charge on any atom is -1.00 e. The molecule has 0 saturated heterocycles. The van der Waals surface area contributed by atoms with E-state index in [0.717, 1.165) is 28.7 Å². The Bertz CT molecular complexity index is 413. The number of nitrogens with zero attached hydrogens (tertiary/aromatic N) is 3. The first-order valence-electron chi connectivity index (χ1n) is 4.75. The average Bonchev–Trinajstić information content (AvgIpc) is 2.66. The summed E-state index contributed by atoms with van der Waals surface area (Å²) in [7, 11) is 2.03. The Labute approximate surface area is 121 Å². The van der Waals surface area contributed by atoms with E-state index in [1.165, 1.54) is 11.7 Å². The van der Waals surface area contributed by atoms with Crippen LogP contribution in [-0.2, 0) is 0 Å². The number of thioether (sulfide) groups is 1. The molecular weight excluding hydrogens is 355 g/mol. The number of hydrogen-bond donors (Lipinski definition) is 1. The van der Waals surface area contributed by atoms with Crippen LogP contribution in [0.1, 0.15) is 12.6 Å². The molecule has 4 nitrogen and oxygen atoms in total. The third-order valence-corrected chi connectivity index (χ3v) is 3.46. The fourth-order valence-electron chi connectivity index (χ4n) is 1.34. The van der Waals surface area contributed by atoms with E-state index in [-0.39, 0.29) is 24.0 Å². The van der Waals surface area contributed by atoms with Crippen LogP contribution in [-0.4, -0.2) is 39.0 Å². The van der Waals surface area contributed by atoms with E-state index in [9.17, 15) is 0 Å². The van der Waals surface area contributed by atoms with Gasteiger partial charge < -0.3 is 29.3 Å². The van der Waals surface area contributed by atoms with E-state index in [2.05, 4.69) is 31.8 Å². The number of aromatic nitrogens is 2. The molecule has 0 spiro atoms. The summed E-state index contributed by atoms with van der Waals surface area (Å²) >= 11 is 3.01. The first kappa shape index (κ1) is 13.9. The van der Waals surface area contributed by atoms with Crippen molar-refractivity contribution >= 4 is 35.3 Å². The van der Waals surface area contributed by atoms with Crippen molar-refractivity contribution < 1.29 is 28.6 Å². The molecule has 0 atom stereocenters. The van der Waals surface area contributed by atoms with Crippen molar-refractivity contribution in [2.75, 3.05) is 19.5 Å². The molecule has 0 saturated carbocycles. The largest absolute Gasteiger partial charge is 1.00 e. The summed E-state index contributed by atoms with van der Waals surface area (Å²) < 4.78 is 10.7. The molecule has 0 fully saturated rings. The fourth-order valence-corrected chi connectivity index (χ4v) is 2.75. The third-order valence-electron chi connectivity index (χ3n) is 1.97. The molecule has 16 heavy (non-hydrogen) atoms. The summed E-state index contributed by atoms with van der Waals surface area (Å²) in [4.78, 5) is 0. The maximum atomic E-state index is 4.34. The summed E-state index contributed by atoms with van der Waals surface area (Å²) in [5.41, 5.74) is 2.10. The van der Waals surface area contributed by atoms with Gasteiger partial charge in [0.15, 0.2) is 6.21 Å². The van der Waals surface area contributed by atoms with Crippen molar-refractivity contribution in [1.29, 1.82) is 0 Å². The van der Waals surface area contributed by atoms with Crippen LogP contribution in [0.4, 0.5) is 0 Å². The first-order valence-corrected chi connectivity index (χ1v) is 6.47. The second-order valence-corrected chi connectivity index (χ2v) is 4.98. The summed E-state index contributed by atoms with van der Waals surface area (Å²) in [6, 6.07) is 0. The Hall–Kier alpha value is -0.150. The normalized spacial score (nSPS) is 14.6. The monoisotopic (exact) mass is 368 g/mol. The molecule has 1 N–H and O–H groups in total. The van der Waals surface area contributed by atoms with Crippen LogP contribution in [0.3, 0.4) is 0 Å². The molecule has 7 heteroatoms. The van der Waals surface area contributed by atoms with Crippen molar-refractivity contribution in [3.63, 3.8) is 0 Å². The van der Waals surface area contributed by atoms with Crippen LogP contribution >= 0.6 is 23.5 Å². The maximum absolute atomic E-state index is 4.34. The van der Waals surface area contributed by atoms with Gasteiger partial charge in [0.05, 0.1) is 17.3 Å². The number of nitrogens with one attached hydrogen (secondary N) is 1. The molecule has 0 bridgehead atoms. The lowest BCUT2D eigenvalue weighted by molar-refractivity contribution is -0.496. The molecule has 1 aromatic rings. The van der Waals surface area contributed by atoms with Crippen LogP contribution < -0.4 is 29.3 Å². The van der Waals surface area contributed by atoms with E-state index < -0.39 is 0 Å². The van der Waals surface area contributed by atoms with Gasteiger partial charge in [0.2, 0.25) is 6.67 Å². The summed E-state index contributed by atoms with van der Waals surface area (Å²) in [6.45, 7) is 2.97. The van der Waals surface area contributed by atoms with E-state index in [1.54, 1.807) is 11.8 Å². The highest BCUT2D eigenvalue weighted by Gasteiger charge is 2.16. The number of halogens is 1. The number of allylic oxidation sites excluding steroid dienone is 1. The van der Waals surface area contributed by atoms with Crippen LogP contribution in [0.2, 0.25) is 0 Å². The first-order chi connectivity index (χ1) is 7.31. The molecule has 1 aromatic heterocycles. The summed E-state index contributed by atoms with van der Waals surface area (Å²) in [5.74, 6) is 1.02. The standard InChI is InChI=1S/C9H12N4S2.HI/c1-3-14-9-8(11-15-12-9)7-4-10-6-13(2)5-7;/h4-5H,3,6H2,1-2H3;1H.